The number of carbonyl (C=O) groups is 1. The van der Waals surface area contributed by atoms with E-state index in [4.69, 9.17) is 29.5 Å². The Balaban J connectivity index is 2.04. The lowest BCUT2D eigenvalue weighted by Gasteiger charge is -2.23. The van der Waals surface area contributed by atoms with Crippen LogP contribution in [0.3, 0.4) is 0 Å². The van der Waals surface area contributed by atoms with Gasteiger partial charge in [0.1, 0.15) is 23.2 Å². The van der Waals surface area contributed by atoms with E-state index in [2.05, 4.69) is 37.7 Å². The monoisotopic (exact) mass is 620 g/mol. The second-order valence-electron chi connectivity index (χ2n) is 10.6. The van der Waals surface area contributed by atoms with Gasteiger partial charge in [-0.05, 0) is 74.4 Å². The molecule has 45 heavy (non-hydrogen) atoms. The number of amidine groups is 1. The highest BCUT2D eigenvalue weighted by molar-refractivity contribution is 5.90. The van der Waals surface area contributed by atoms with Gasteiger partial charge >= 0.3 is 6.09 Å². The van der Waals surface area contributed by atoms with Crippen LogP contribution in [0.2, 0.25) is 0 Å². The first-order valence-electron chi connectivity index (χ1n) is 13.9. The molecule has 2 aromatic carbocycles. The van der Waals surface area contributed by atoms with Crippen molar-refractivity contribution >= 4 is 29.1 Å². The number of hydrazone groups is 1. The Hall–Kier alpha value is -5.26. The molecule has 1 amide bonds. The van der Waals surface area contributed by atoms with Crippen LogP contribution < -0.4 is 36.7 Å². The summed E-state index contributed by atoms with van der Waals surface area (Å²) in [5, 5.41) is 20.2. The van der Waals surface area contributed by atoms with Gasteiger partial charge in [-0.3, -0.25) is 15.7 Å². The second kappa shape index (κ2) is 16.0. The summed E-state index contributed by atoms with van der Waals surface area (Å²) in [4.78, 5) is 21.6. The Morgan fingerprint density at radius 2 is 1.87 bits per heavy atom. The zero-order chi connectivity index (χ0) is 33.0. The molecule has 1 atom stereocenters. The van der Waals surface area contributed by atoms with E-state index >= 15 is 0 Å². The topological polar surface area (TPSA) is 186 Å². The maximum absolute atomic E-state index is 12.3. The molecule has 14 heteroatoms. The molecule has 240 valence electrons. The predicted molar refractivity (Wildman–Crippen MR) is 171 cm³/mol. The van der Waals surface area contributed by atoms with Gasteiger partial charge in [0, 0.05) is 31.1 Å². The van der Waals surface area contributed by atoms with E-state index in [1.165, 1.54) is 14.2 Å². The van der Waals surface area contributed by atoms with Crippen LogP contribution in [0.4, 0.5) is 22.0 Å². The number of rotatable bonds is 14. The molecule has 14 nitrogen and oxygen atoms in total. The number of ether oxygens (including phenoxy) is 4. The van der Waals surface area contributed by atoms with E-state index in [0.717, 1.165) is 5.56 Å². The van der Waals surface area contributed by atoms with Crippen LogP contribution in [-0.2, 0) is 27.5 Å². The molecule has 1 aromatic heterocycles. The lowest BCUT2D eigenvalue weighted by molar-refractivity contribution is 0.0523. The number of nitrogens with two attached hydrogens (primary N) is 1. The number of carbonyl (C=O) groups excluding carboxylic acids is 1. The third-order valence-corrected chi connectivity index (χ3v) is 6.18. The molecule has 6 N–H and O–H groups in total. The minimum absolute atomic E-state index is 0.0619. The molecular formula is C31H40N8O6. The molecule has 0 radical (unpaired) electrons. The lowest BCUT2D eigenvalue weighted by atomic mass is 10.0. The largest absolute Gasteiger partial charge is 0.493 e. The van der Waals surface area contributed by atoms with Crippen LogP contribution in [-0.4, -0.2) is 51.0 Å². The Kier molecular flexibility index (Phi) is 12.2. The van der Waals surface area contributed by atoms with Gasteiger partial charge in [-0.1, -0.05) is 0 Å². The number of nitrogens with zero attached hydrogens (tertiary/aromatic N) is 3. The van der Waals surface area contributed by atoms with E-state index in [0.29, 0.717) is 45.4 Å². The summed E-state index contributed by atoms with van der Waals surface area (Å²) in [7, 11) is 6.15. The number of nitrogens with one attached hydrogen (secondary N) is 4. The summed E-state index contributed by atoms with van der Waals surface area (Å²) in [6, 6.07) is 13.7. The lowest BCUT2D eigenvalue weighted by Crippen LogP contribution is -2.32. The standard InChI is InChI=1S/C31H40N8O6/c1-31(2,3)45-30(40)35-17-21-14-23(11-10-19(21)16-32)36-26(20-13-22(18-41-4)27(43-6)25(15-20)42-5)28(33)37-38-29-24(39-44-7)9-8-12-34-29/h8-15,26,36,39H,17-18H2,1-7H3,(H2,33,37)(H,34,38)(H,35,40). The van der Waals surface area contributed by atoms with Crippen molar-refractivity contribution in [3.05, 3.63) is 70.9 Å². The van der Waals surface area contributed by atoms with Gasteiger partial charge in [-0.25, -0.2) is 9.78 Å². The molecule has 0 fully saturated rings. The first-order chi connectivity index (χ1) is 21.5. The van der Waals surface area contributed by atoms with Gasteiger partial charge in [0.15, 0.2) is 17.3 Å². The molecule has 1 unspecified atom stereocenters. The first-order valence-corrected chi connectivity index (χ1v) is 13.9. The number of hydrogen-bond donors (Lipinski definition) is 5. The maximum Gasteiger partial charge on any atom is 0.407 e. The van der Waals surface area contributed by atoms with E-state index in [1.54, 1.807) is 77.6 Å². The smallest absolute Gasteiger partial charge is 0.407 e. The van der Waals surface area contributed by atoms with Gasteiger partial charge in [-0.2, -0.15) is 10.4 Å². The van der Waals surface area contributed by atoms with E-state index < -0.39 is 17.7 Å². The molecule has 1 heterocycles. The highest BCUT2D eigenvalue weighted by atomic mass is 16.6. The molecule has 0 aliphatic carbocycles. The second-order valence-corrected chi connectivity index (χ2v) is 10.6. The third-order valence-electron chi connectivity index (χ3n) is 6.18. The van der Waals surface area contributed by atoms with Crippen LogP contribution in [0.15, 0.2) is 53.8 Å². The summed E-state index contributed by atoms with van der Waals surface area (Å²) in [5.74, 6) is 1.50. The van der Waals surface area contributed by atoms with Crippen molar-refractivity contribution in [1.82, 2.24) is 10.3 Å². The Morgan fingerprint density at radius 3 is 2.51 bits per heavy atom. The van der Waals surface area contributed by atoms with Gasteiger partial charge in [0.25, 0.3) is 0 Å². The molecule has 0 saturated carbocycles. The summed E-state index contributed by atoms with van der Waals surface area (Å²) in [5.41, 5.74) is 15.1. The molecular weight excluding hydrogens is 580 g/mol. The zero-order valence-corrected chi connectivity index (χ0v) is 26.5. The average Bonchev–Trinajstić information content (AvgIpc) is 3.01. The number of methoxy groups -OCH3 is 3. The summed E-state index contributed by atoms with van der Waals surface area (Å²) < 4.78 is 22.0. The van der Waals surface area contributed by atoms with Crippen molar-refractivity contribution in [3.63, 3.8) is 0 Å². The van der Waals surface area contributed by atoms with Crippen molar-refractivity contribution in [2.45, 2.75) is 45.6 Å². The summed E-state index contributed by atoms with van der Waals surface area (Å²) >= 11 is 0. The molecule has 0 aliphatic heterocycles. The van der Waals surface area contributed by atoms with Gasteiger partial charge in [0.2, 0.25) is 0 Å². The van der Waals surface area contributed by atoms with Gasteiger partial charge in [-0.15, -0.1) is 0 Å². The number of amides is 1. The van der Waals surface area contributed by atoms with E-state index in [1.807, 2.05) is 6.07 Å². The van der Waals surface area contributed by atoms with Gasteiger partial charge < -0.3 is 35.3 Å². The summed E-state index contributed by atoms with van der Waals surface area (Å²) in [6.07, 6.45) is 0.998. The van der Waals surface area contributed by atoms with Crippen LogP contribution >= 0.6 is 0 Å². The van der Waals surface area contributed by atoms with E-state index in [-0.39, 0.29) is 19.0 Å². The van der Waals surface area contributed by atoms with Crippen LogP contribution in [0, 0.1) is 11.3 Å². The Morgan fingerprint density at radius 1 is 1.09 bits per heavy atom. The minimum Gasteiger partial charge on any atom is -0.493 e. The number of benzene rings is 2. The molecule has 0 saturated heterocycles. The van der Waals surface area contributed by atoms with Gasteiger partial charge in [0.05, 0.1) is 39.6 Å². The maximum atomic E-state index is 12.3. The van der Waals surface area contributed by atoms with Crippen LogP contribution in [0.1, 0.15) is 49.1 Å². The number of alkyl carbamates (subject to hydrolysis) is 1. The first kappa shape index (κ1) is 34.2. The van der Waals surface area contributed by atoms with Crippen molar-refractivity contribution in [1.29, 1.82) is 5.26 Å². The normalized spacial score (nSPS) is 12.0. The minimum atomic E-state index is -0.727. The van der Waals surface area contributed by atoms with E-state index in [9.17, 15) is 10.1 Å². The number of pyridine rings is 1. The molecule has 3 rings (SSSR count). The van der Waals surface area contributed by atoms with Crippen molar-refractivity contribution in [3.8, 4) is 17.6 Å². The highest BCUT2D eigenvalue weighted by Gasteiger charge is 2.23. The average molecular weight is 621 g/mol. The molecule has 0 aliphatic rings. The highest BCUT2D eigenvalue weighted by Crippen LogP contribution is 2.36. The number of hydrogen-bond acceptors (Lipinski definition) is 12. The Bertz CT molecular complexity index is 1530. The SMILES string of the molecule is COCc1cc(C(Nc2ccc(C#N)c(CNC(=O)OC(C)(C)C)c2)/C(N)=N/Nc2ncccc2NOC)cc(OC)c1OC. The number of anilines is 3. The quantitative estimate of drug-likeness (QED) is 0.0955. The fourth-order valence-electron chi connectivity index (χ4n) is 4.28. The van der Waals surface area contributed by atoms with Crippen LogP contribution in [0.5, 0.6) is 11.5 Å². The zero-order valence-electron chi connectivity index (χ0n) is 26.5. The van der Waals surface area contributed by atoms with Crippen LogP contribution in [0.25, 0.3) is 0 Å². The molecule has 0 spiro atoms. The summed E-state index contributed by atoms with van der Waals surface area (Å²) in [6.45, 7) is 5.62. The van der Waals surface area contributed by atoms with Crippen molar-refractivity contribution in [2.75, 3.05) is 44.7 Å². The molecule has 0 bridgehead atoms. The Labute approximate surface area is 262 Å². The number of nitriles is 1. The third kappa shape index (κ3) is 9.62. The fourth-order valence-corrected chi connectivity index (χ4v) is 4.28. The fraction of sp³-hybridized carbons (Fsp3) is 0.355. The predicted octanol–water partition coefficient (Wildman–Crippen LogP) is 4.65. The van der Waals surface area contributed by atoms with Crippen molar-refractivity contribution < 1.29 is 28.6 Å². The molecule has 3 aromatic rings. The number of aromatic nitrogens is 1. The van der Waals surface area contributed by atoms with Crippen molar-refractivity contribution in [2.24, 2.45) is 10.8 Å².